The van der Waals surface area contributed by atoms with E-state index in [2.05, 4.69) is 21.9 Å². The molecule has 2 fully saturated rings. The molecule has 1 saturated carbocycles. The number of aliphatic imine (C=N–C) groups is 1. The molecule has 1 saturated heterocycles. The molecule has 0 spiro atoms. The monoisotopic (exact) mass is 317 g/mol. The minimum Gasteiger partial charge on any atom is -0.387 e. The van der Waals surface area contributed by atoms with E-state index in [1.165, 1.54) is 25.7 Å². The number of nitrogens with one attached hydrogen (secondary N) is 2. The summed E-state index contributed by atoms with van der Waals surface area (Å²) in [4.78, 5) is 4.29. The first-order chi connectivity index (χ1) is 9.65. The standard InChI is InChI=1S/C14H27N3OS2/c1-15-13(16-9-14(18)6-7-20-10-14)17-11-4-3-5-12(8-11)19-2/h11-12,18H,3-10H2,1-2H3,(H2,15,16,17). The Morgan fingerprint density at radius 3 is 3.00 bits per heavy atom. The summed E-state index contributed by atoms with van der Waals surface area (Å²) in [6, 6.07) is 0.514. The minimum absolute atomic E-state index is 0.514. The Bertz CT molecular complexity index is 332. The highest BCUT2D eigenvalue weighted by molar-refractivity contribution is 7.99. The first-order valence-electron chi connectivity index (χ1n) is 7.45. The predicted molar refractivity (Wildman–Crippen MR) is 90.9 cm³/mol. The van der Waals surface area contributed by atoms with Crippen LogP contribution < -0.4 is 10.6 Å². The van der Waals surface area contributed by atoms with E-state index in [4.69, 9.17) is 0 Å². The van der Waals surface area contributed by atoms with E-state index < -0.39 is 5.60 Å². The van der Waals surface area contributed by atoms with E-state index in [9.17, 15) is 5.11 Å². The van der Waals surface area contributed by atoms with Crippen LogP contribution in [-0.2, 0) is 0 Å². The fourth-order valence-corrected chi connectivity index (χ4v) is 4.98. The van der Waals surface area contributed by atoms with Crippen LogP contribution in [0.4, 0.5) is 0 Å². The van der Waals surface area contributed by atoms with Crippen LogP contribution in [0.2, 0.25) is 0 Å². The molecule has 3 N–H and O–H groups in total. The van der Waals surface area contributed by atoms with Crippen molar-refractivity contribution >= 4 is 29.5 Å². The molecule has 0 aromatic heterocycles. The molecule has 2 aliphatic rings. The summed E-state index contributed by atoms with van der Waals surface area (Å²) in [5, 5.41) is 17.9. The highest BCUT2D eigenvalue weighted by atomic mass is 32.2. The molecular formula is C14H27N3OS2. The van der Waals surface area contributed by atoms with Gasteiger partial charge in [0, 0.05) is 30.6 Å². The zero-order valence-corrected chi connectivity index (χ0v) is 14.2. The number of hydrogen-bond acceptors (Lipinski definition) is 4. The quantitative estimate of drug-likeness (QED) is 0.544. The van der Waals surface area contributed by atoms with E-state index in [0.29, 0.717) is 12.6 Å². The van der Waals surface area contributed by atoms with E-state index in [0.717, 1.165) is 29.1 Å². The number of aliphatic hydroxyl groups is 1. The summed E-state index contributed by atoms with van der Waals surface area (Å²) in [7, 11) is 1.80. The van der Waals surface area contributed by atoms with Gasteiger partial charge in [0.15, 0.2) is 5.96 Å². The summed E-state index contributed by atoms with van der Waals surface area (Å²) >= 11 is 3.80. The summed E-state index contributed by atoms with van der Waals surface area (Å²) < 4.78 is 0. The Labute approximate surface area is 131 Å². The number of guanidine groups is 1. The van der Waals surface area contributed by atoms with Crippen LogP contribution >= 0.6 is 23.5 Å². The third kappa shape index (κ3) is 4.74. The van der Waals surface area contributed by atoms with Crippen molar-refractivity contribution in [3.63, 3.8) is 0 Å². The lowest BCUT2D eigenvalue weighted by Crippen LogP contribution is -2.50. The molecule has 6 heteroatoms. The summed E-state index contributed by atoms with van der Waals surface area (Å²) in [6.07, 6.45) is 8.13. The molecule has 2 rings (SSSR count). The normalized spacial score (nSPS) is 35.0. The van der Waals surface area contributed by atoms with Crippen LogP contribution in [0.3, 0.4) is 0 Å². The molecular weight excluding hydrogens is 290 g/mol. The van der Waals surface area contributed by atoms with Crippen LogP contribution in [0.5, 0.6) is 0 Å². The van der Waals surface area contributed by atoms with Crippen molar-refractivity contribution in [2.45, 2.75) is 49.0 Å². The topological polar surface area (TPSA) is 56.7 Å². The fourth-order valence-electron chi connectivity index (χ4n) is 2.86. The largest absolute Gasteiger partial charge is 0.387 e. The number of thioether (sulfide) groups is 2. The van der Waals surface area contributed by atoms with Gasteiger partial charge in [-0.1, -0.05) is 6.42 Å². The Balaban J connectivity index is 1.77. The first-order valence-corrected chi connectivity index (χ1v) is 9.89. The smallest absolute Gasteiger partial charge is 0.191 e. The Morgan fingerprint density at radius 1 is 1.50 bits per heavy atom. The first kappa shape index (κ1) is 16.3. The van der Waals surface area contributed by atoms with Gasteiger partial charge < -0.3 is 15.7 Å². The van der Waals surface area contributed by atoms with Crippen LogP contribution in [0.25, 0.3) is 0 Å². The molecule has 0 aromatic carbocycles. The van der Waals surface area contributed by atoms with E-state index in [1.807, 2.05) is 23.5 Å². The molecule has 4 nitrogen and oxygen atoms in total. The predicted octanol–water partition coefficient (Wildman–Crippen LogP) is 1.69. The maximum Gasteiger partial charge on any atom is 0.191 e. The lowest BCUT2D eigenvalue weighted by atomic mass is 9.95. The van der Waals surface area contributed by atoms with E-state index in [1.54, 1.807) is 7.05 Å². The van der Waals surface area contributed by atoms with Gasteiger partial charge in [0.2, 0.25) is 0 Å². The molecule has 1 aliphatic carbocycles. The number of rotatable bonds is 4. The second kappa shape index (κ2) is 7.80. The minimum atomic E-state index is -0.559. The van der Waals surface area contributed by atoms with Gasteiger partial charge in [0.1, 0.15) is 0 Å². The molecule has 1 aliphatic heterocycles. The lowest BCUT2D eigenvalue weighted by Gasteiger charge is -2.30. The fraction of sp³-hybridized carbons (Fsp3) is 0.929. The van der Waals surface area contributed by atoms with Crippen LogP contribution in [0.15, 0.2) is 4.99 Å². The van der Waals surface area contributed by atoms with Gasteiger partial charge in [-0.25, -0.2) is 0 Å². The molecule has 3 atom stereocenters. The van der Waals surface area contributed by atoms with Gasteiger partial charge in [-0.3, -0.25) is 4.99 Å². The average molecular weight is 318 g/mol. The van der Waals surface area contributed by atoms with Crippen molar-refractivity contribution < 1.29 is 5.11 Å². The van der Waals surface area contributed by atoms with Crippen molar-refractivity contribution in [1.29, 1.82) is 0 Å². The van der Waals surface area contributed by atoms with E-state index in [-0.39, 0.29) is 0 Å². The summed E-state index contributed by atoms with van der Waals surface area (Å²) in [5.41, 5.74) is -0.559. The van der Waals surface area contributed by atoms with Gasteiger partial charge in [0.05, 0.1) is 5.60 Å². The molecule has 0 aromatic rings. The van der Waals surface area contributed by atoms with Crippen molar-refractivity contribution in [3.8, 4) is 0 Å². The molecule has 116 valence electrons. The van der Waals surface area contributed by atoms with E-state index >= 15 is 0 Å². The maximum atomic E-state index is 10.4. The molecule has 1 heterocycles. The van der Waals surface area contributed by atoms with Gasteiger partial charge in [0.25, 0.3) is 0 Å². The van der Waals surface area contributed by atoms with Crippen molar-refractivity contribution in [2.24, 2.45) is 4.99 Å². The van der Waals surface area contributed by atoms with Crippen molar-refractivity contribution in [1.82, 2.24) is 10.6 Å². The van der Waals surface area contributed by atoms with Gasteiger partial charge in [-0.05, 0) is 37.7 Å². The highest BCUT2D eigenvalue weighted by Crippen LogP contribution is 2.28. The lowest BCUT2D eigenvalue weighted by molar-refractivity contribution is 0.0723. The zero-order valence-electron chi connectivity index (χ0n) is 12.5. The second-order valence-corrected chi connectivity index (χ2v) is 8.06. The molecule has 0 amide bonds. The average Bonchev–Trinajstić information content (AvgIpc) is 2.91. The van der Waals surface area contributed by atoms with Crippen LogP contribution in [-0.4, -0.2) is 59.3 Å². The van der Waals surface area contributed by atoms with Crippen LogP contribution in [0, 0.1) is 0 Å². The van der Waals surface area contributed by atoms with Crippen LogP contribution in [0.1, 0.15) is 32.1 Å². The number of hydrogen-bond donors (Lipinski definition) is 3. The van der Waals surface area contributed by atoms with Crippen molar-refractivity contribution in [2.75, 3.05) is 31.4 Å². The van der Waals surface area contributed by atoms with Crippen molar-refractivity contribution in [3.05, 3.63) is 0 Å². The summed E-state index contributed by atoms with van der Waals surface area (Å²) in [5.74, 6) is 2.72. The Hall–Kier alpha value is -0.0700. The SMILES string of the molecule is CN=C(NCC1(O)CCSC1)NC1CCCC(SC)C1. The maximum absolute atomic E-state index is 10.4. The summed E-state index contributed by atoms with van der Waals surface area (Å²) in [6.45, 7) is 0.596. The third-order valence-electron chi connectivity index (χ3n) is 4.19. The number of nitrogens with zero attached hydrogens (tertiary/aromatic N) is 1. The highest BCUT2D eigenvalue weighted by Gasteiger charge is 2.32. The second-order valence-electron chi connectivity index (χ2n) is 5.82. The Kier molecular flexibility index (Phi) is 6.36. The Morgan fingerprint density at radius 2 is 2.35 bits per heavy atom. The van der Waals surface area contributed by atoms with Gasteiger partial charge >= 0.3 is 0 Å². The molecule has 20 heavy (non-hydrogen) atoms. The molecule has 0 bridgehead atoms. The van der Waals surface area contributed by atoms with Gasteiger partial charge in [-0.2, -0.15) is 23.5 Å². The van der Waals surface area contributed by atoms with Gasteiger partial charge in [-0.15, -0.1) is 0 Å². The molecule has 0 radical (unpaired) electrons. The third-order valence-corrected chi connectivity index (χ3v) is 6.52. The zero-order chi connectivity index (χ0) is 14.4. The molecule has 3 unspecified atom stereocenters.